The Morgan fingerprint density at radius 2 is 2.11 bits per heavy atom. The van der Waals surface area contributed by atoms with E-state index in [1.807, 2.05) is 32.2 Å². The molecule has 7 nitrogen and oxygen atoms in total. The van der Waals surface area contributed by atoms with Gasteiger partial charge < -0.3 is 20.1 Å². The number of likely N-dealkylation sites (tertiary alicyclic amines) is 1. The van der Waals surface area contributed by atoms with Crippen LogP contribution in [-0.2, 0) is 6.54 Å². The second-order valence-corrected chi connectivity index (χ2v) is 10.3. The third-order valence-corrected chi connectivity index (χ3v) is 7.81. The van der Waals surface area contributed by atoms with Crippen molar-refractivity contribution in [3.63, 3.8) is 0 Å². The van der Waals surface area contributed by atoms with Gasteiger partial charge in [0.25, 0.3) is 0 Å². The highest BCUT2D eigenvalue weighted by Gasteiger charge is 2.58. The Morgan fingerprint density at radius 1 is 1.33 bits per heavy atom. The second kappa shape index (κ2) is 9.03. The Bertz CT molecular complexity index is 1300. The number of aromatic nitrogens is 2. The molecule has 9 heteroatoms. The summed E-state index contributed by atoms with van der Waals surface area (Å²) in [6.07, 6.45) is 2.98. The van der Waals surface area contributed by atoms with E-state index < -0.39 is 17.3 Å². The average Bonchev–Trinajstić information content (AvgIpc) is 3.31. The number of pyridine rings is 1. The molecular formula is C27H32F2N4O3. The first-order chi connectivity index (χ1) is 17.1. The van der Waals surface area contributed by atoms with Gasteiger partial charge >= 0.3 is 5.97 Å². The van der Waals surface area contributed by atoms with Gasteiger partial charge in [-0.2, -0.15) is 0 Å². The van der Waals surface area contributed by atoms with Gasteiger partial charge in [-0.25, -0.2) is 18.6 Å². The number of nitrogens with one attached hydrogen (secondary N) is 2. The van der Waals surface area contributed by atoms with Crippen molar-refractivity contribution in [3.8, 4) is 5.75 Å². The van der Waals surface area contributed by atoms with Gasteiger partial charge in [0, 0.05) is 60.2 Å². The van der Waals surface area contributed by atoms with E-state index in [0.717, 1.165) is 33.3 Å². The number of fused-ring (bicyclic) bond motifs is 1. The molecule has 2 aliphatic rings. The molecular weight excluding hydrogens is 466 g/mol. The van der Waals surface area contributed by atoms with Crippen LogP contribution in [0.3, 0.4) is 0 Å². The van der Waals surface area contributed by atoms with E-state index in [2.05, 4.69) is 20.2 Å². The highest BCUT2D eigenvalue weighted by molar-refractivity contribution is 5.88. The van der Waals surface area contributed by atoms with E-state index in [1.54, 1.807) is 13.2 Å². The minimum Gasteiger partial charge on any atom is -0.496 e. The Hall–Kier alpha value is -3.20. The van der Waals surface area contributed by atoms with Crippen LogP contribution in [0.2, 0.25) is 0 Å². The van der Waals surface area contributed by atoms with E-state index in [1.165, 1.54) is 6.07 Å². The first kappa shape index (κ1) is 24.5. The molecule has 1 spiro atoms. The van der Waals surface area contributed by atoms with Crippen LogP contribution in [0.5, 0.6) is 5.75 Å². The molecule has 2 fully saturated rings. The number of H-pyrrole nitrogens is 1. The average molecular weight is 499 g/mol. The summed E-state index contributed by atoms with van der Waals surface area (Å²) < 4.78 is 33.8. The number of carboxylic acid groups (broad SMARTS) is 1. The first-order valence-electron chi connectivity index (χ1n) is 12.4. The number of alkyl halides is 2. The van der Waals surface area contributed by atoms with Crippen molar-refractivity contribution in [2.75, 3.05) is 25.5 Å². The van der Waals surface area contributed by atoms with Gasteiger partial charge in [0.15, 0.2) is 5.69 Å². The summed E-state index contributed by atoms with van der Waals surface area (Å²) in [6.45, 7) is 5.74. The lowest BCUT2D eigenvalue weighted by Gasteiger charge is -2.54. The lowest BCUT2D eigenvalue weighted by molar-refractivity contribution is -0.186. The summed E-state index contributed by atoms with van der Waals surface area (Å²) in [5, 5.41) is 13.8. The number of aromatic carboxylic acids is 1. The third kappa shape index (κ3) is 4.30. The highest BCUT2D eigenvalue weighted by atomic mass is 19.3. The Morgan fingerprint density at radius 3 is 2.78 bits per heavy atom. The first-order valence-corrected chi connectivity index (χ1v) is 12.4. The minimum absolute atomic E-state index is 0.0452. The maximum atomic E-state index is 14.0. The second-order valence-electron chi connectivity index (χ2n) is 10.3. The number of piperidine rings is 1. The highest BCUT2D eigenvalue weighted by Crippen LogP contribution is 2.61. The lowest BCUT2D eigenvalue weighted by atomic mass is 9.59. The number of carbonyl (C=O) groups is 1. The SMILES string of the molecule is CCNc1nc(C(=O)O)ccc1[C@H]1CC2(CCN1Cc1c(OC)cc(C)c3[nH]ccc13)CC(F)(F)C2. The maximum Gasteiger partial charge on any atom is 0.354 e. The number of carboxylic acids is 1. The van der Waals surface area contributed by atoms with Crippen molar-refractivity contribution in [1.82, 2.24) is 14.9 Å². The standard InChI is InChI=1S/C27H32F2N4O3/c1-4-30-24-18(5-6-20(32-24)25(34)35)21-12-26(14-27(28,29)15-26)8-10-33(21)13-19-17-7-9-31-23(17)16(2)11-22(19)36-3/h5-7,9,11,21,31H,4,8,10,12-15H2,1-3H3,(H,30,32)(H,34,35)/t21-/m1/s1. The summed E-state index contributed by atoms with van der Waals surface area (Å²) in [5.41, 5.74) is 3.56. The Balaban J connectivity index is 1.56. The summed E-state index contributed by atoms with van der Waals surface area (Å²) >= 11 is 0. The number of aromatic amines is 1. The molecule has 0 unspecified atom stereocenters. The van der Waals surface area contributed by atoms with E-state index in [0.29, 0.717) is 38.3 Å². The van der Waals surface area contributed by atoms with Crippen LogP contribution < -0.4 is 10.1 Å². The molecule has 3 aromatic rings. The van der Waals surface area contributed by atoms with Gasteiger partial charge in [0.2, 0.25) is 5.92 Å². The van der Waals surface area contributed by atoms with Gasteiger partial charge in [0.05, 0.1) is 7.11 Å². The Labute approximate surface area is 208 Å². The van der Waals surface area contributed by atoms with Crippen LogP contribution in [0.25, 0.3) is 10.9 Å². The molecule has 1 atom stereocenters. The number of rotatable bonds is 7. The van der Waals surface area contributed by atoms with E-state index >= 15 is 0 Å². The summed E-state index contributed by atoms with van der Waals surface area (Å²) in [6, 6.07) is 7.17. The maximum absolute atomic E-state index is 14.0. The van der Waals surface area contributed by atoms with Crippen LogP contribution in [0.4, 0.5) is 14.6 Å². The summed E-state index contributed by atoms with van der Waals surface area (Å²) in [5.74, 6) is -2.42. The molecule has 5 rings (SSSR count). The van der Waals surface area contributed by atoms with Crippen LogP contribution >= 0.6 is 0 Å². The van der Waals surface area contributed by atoms with Gasteiger partial charge in [-0.15, -0.1) is 0 Å². The van der Waals surface area contributed by atoms with E-state index in [9.17, 15) is 18.7 Å². The van der Waals surface area contributed by atoms with Crippen molar-refractivity contribution < 1.29 is 23.4 Å². The summed E-state index contributed by atoms with van der Waals surface area (Å²) in [4.78, 5) is 21.6. The molecule has 2 aromatic heterocycles. The van der Waals surface area contributed by atoms with Crippen LogP contribution in [-0.4, -0.2) is 52.1 Å². The molecule has 0 radical (unpaired) electrons. The number of aryl methyl sites for hydroxylation is 1. The van der Waals surface area contributed by atoms with Gasteiger partial charge in [-0.1, -0.05) is 6.07 Å². The minimum atomic E-state index is -2.61. The van der Waals surface area contributed by atoms with Crippen LogP contribution in [0.15, 0.2) is 30.5 Å². The fraction of sp³-hybridized carbons (Fsp3) is 0.481. The van der Waals surface area contributed by atoms with E-state index in [4.69, 9.17) is 4.74 Å². The largest absolute Gasteiger partial charge is 0.496 e. The number of hydrogen-bond donors (Lipinski definition) is 3. The summed E-state index contributed by atoms with van der Waals surface area (Å²) in [7, 11) is 1.66. The van der Waals surface area contributed by atoms with Crippen LogP contribution in [0, 0.1) is 12.3 Å². The molecule has 1 saturated heterocycles. The number of methoxy groups -OCH3 is 1. The smallest absolute Gasteiger partial charge is 0.354 e. The van der Waals surface area contributed by atoms with E-state index in [-0.39, 0.29) is 24.6 Å². The van der Waals surface area contributed by atoms with Crippen molar-refractivity contribution in [1.29, 1.82) is 0 Å². The normalized spacial score (nSPS) is 20.9. The molecule has 1 aliphatic carbocycles. The third-order valence-electron chi connectivity index (χ3n) is 7.81. The van der Waals surface area contributed by atoms with Crippen molar-refractivity contribution in [2.45, 2.75) is 58.0 Å². The number of halogens is 2. The molecule has 3 N–H and O–H groups in total. The lowest BCUT2D eigenvalue weighted by Crippen LogP contribution is -2.53. The number of ether oxygens (including phenoxy) is 1. The van der Waals surface area contributed by atoms with Crippen molar-refractivity contribution >= 4 is 22.7 Å². The van der Waals surface area contributed by atoms with Gasteiger partial charge in [-0.05, 0) is 62.4 Å². The quantitative estimate of drug-likeness (QED) is 0.384. The zero-order valence-electron chi connectivity index (χ0n) is 20.8. The number of benzene rings is 1. The number of nitrogens with zero attached hydrogens (tertiary/aromatic N) is 2. The topological polar surface area (TPSA) is 90.5 Å². The Kier molecular flexibility index (Phi) is 6.14. The van der Waals surface area contributed by atoms with Crippen molar-refractivity contribution in [3.05, 3.63) is 52.8 Å². The molecule has 192 valence electrons. The fourth-order valence-corrected chi connectivity index (χ4v) is 6.19. The fourth-order valence-electron chi connectivity index (χ4n) is 6.19. The van der Waals surface area contributed by atoms with Gasteiger partial charge in [0.1, 0.15) is 11.6 Å². The molecule has 0 bridgehead atoms. The molecule has 1 saturated carbocycles. The predicted molar refractivity (Wildman–Crippen MR) is 134 cm³/mol. The van der Waals surface area contributed by atoms with Crippen LogP contribution in [0.1, 0.15) is 65.8 Å². The number of hydrogen-bond acceptors (Lipinski definition) is 5. The molecule has 1 aliphatic heterocycles. The molecule has 3 heterocycles. The molecule has 1 aromatic carbocycles. The zero-order valence-corrected chi connectivity index (χ0v) is 20.8. The molecule has 0 amide bonds. The molecule has 36 heavy (non-hydrogen) atoms. The predicted octanol–water partition coefficient (Wildman–Crippen LogP) is 5.76. The monoisotopic (exact) mass is 498 g/mol. The van der Waals surface area contributed by atoms with Crippen molar-refractivity contribution in [2.24, 2.45) is 5.41 Å². The van der Waals surface area contributed by atoms with Gasteiger partial charge in [-0.3, -0.25) is 4.90 Å². The zero-order chi connectivity index (χ0) is 25.7. The number of anilines is 1.